The Bertz CT molecular complexity index is 518. The zero-order valence-electron chi connectivity index (χ0n) is 13.7. The van der Waals surface area contributed by atoms with E-state index in [1.807, 2.05) is 19.1 Å². The number of ether oxygens (including phenoxy) is 2. The Morgan fingerprint density at radius 2 is 2.00 bits per heavy atom. The van der Waals surface area contributed by atoms with Crippen LogP contribution in [0.2, 0.25) is 0 Å². The molecule has 0 radical (unpaired) electrons. The molecule has 0 heterocycles. The maximum absolute atomic E-state index is 11.3. The predicted octanol–water partition coefficient (Wildman–Crippen LogP) is 4.16. The van der Waals surface area contributed by atoms with E-state index in [1.165, 1.54) is 12.8 Å². The first kappa shape index (κ1) is 16.7. The Morgan fingerprint density at radius 1 is 1.32 bits per heavy atom. The maximum Gasteiger partial charge on any atom is 0.310 e. The Hall–Kier alpha value is -1.71. The highest BCUT2D eigenvalue weighted by atomic mass is 16.5. The van der Waals surface area contributed by atoms with Crippen molar-refractivity contribution >= 4 is 5.97 Å². The molecule has 2 rings (SSSR count). The smallest absolute Gasteiger partial charge is 0.310 e. The Labute approximate surface area is 132 Å². The van der Waals surface area contributed by atoms with E-state index in [9.17, 15) is 9.90 Å². The lowest BCUT2D eigenvalue weighted by Gasteiger charge is -2.22. The SMILES string of the molecule is CCOc1c(C(C)C(=O)O)ccc(OC2CCCC2)c1CC. The largest absolute Gasteiger partial charge is 0.493 e. The van der Waals surface area contributed by atoms with Crippen molar-refractivity contribution in [3.8, 4) is 11.5 Å². The van der Waals surface area contributed by atoms with Crippen LogP contribution < -0.4 is 9.47 Å². The molecular formula is C18H26O4. The van der Waals surface area contributed by atoms with E-state index in [1.54, 1.807) is 6.92 Å². The van der Waals surface area contributed by atoms with Crippen LogP contribution in [0.3, 0.4) is 0 Å². The number of hydrogen-bond acceptors (Lipinski definition) is 3. The second kappa shape index (κ2) is 7.52. The number of rotatable bonds is 7. The Morgan fingerprint density at radius 3 is 2.55 bits per heavy atom. The summed E-state index contributed by atoms with van der Waals surface area (Å²) in [7, 11) is 0. The summed E-state index contributed by atoms with van der Waals surface area (Å²) in [6.07, 6.45) is 5.68. The van der Waals surface area contributed by atoms with Gasteiger partial charge in [0.25, 0.3) is 0 Å². The minimum Gasteiger partial charge on any atom is -0.493 e. The molecule has 0 aliphatic heterocycles. The van der Waals surface area contributed by atoms with E-state index in [2.05, 4.69) is 6.92 Å². The van der Waals surface area contributed by atoms with Crippen molar-refractivity contribution in [2.75, 3.05) is 6.61 Å². The molecule has 1 aliphatic rings. The monoisotopic (exact) mass is 306 g/mol. The third-order valence-corrected chi connectivity index (χ3v) is 4.32. The normalized spacial score (nSPS) is 16.5. The lowest BCUT2D eigenvalue weighted by Crippen LogP contribution is -2.15. The molecule has 0 saturated heterocycles. The van der Waals surface area contributed by atoms with Crippen LogP contribution in [0.1, 0.15) is 63.5 Å². The number of carbonyl (C=O) groups is 1. The van der Waals surface area contributed by atoms with Crippen LogP contribution in [-0.4, -0.2) is 23.8 Å². The second-order valence-electron chi connectivity index (χ2n) is 5.83. The average molecular weight is 306 g/mol. The third kappa shape index (κ3) is 3.54. The molecule has 1 aliphatic carbocycles. The molecule has 122 valence electrons. The number of carboxylic acids is 1. The maximum atomic E-state index is 11.3. The molecule has 1 unspecified atom stereocenters. The van der Waals surface area contributed by atoms with Crippen molar-refractivity contribution in [3.05, 3.63) is 23.3 Å². The minimum absolute atomic E-state index is 0.280. The zero-order valence-corrected chi connectivity index (χ0v) is 13.7. The fourth-order valence-corrected chi connectivity index (χ4v) is 3.05. The highest BCUT2D eigenvalue weighted by Gasteiger charge is 2.24. The molecule has 1 N–H and O–H groups in total. The highest BCUT2D eigenvalue weighted by Crippen LogP contribution is 2.38. The van der Waals surface area contributed by atoms with Gasteiger partial charge in [0.15, 0.2) is 0 Å². The van der Waals surface area contributed by atoms with Crippen LogP contribution in [0.25, 0.3) is 0 Å². The van der Waals surface area contributed by atoms with E-state index in [-0.39, 0.29) is 6.10 Å². The molecule has 0 spiro atoms. The van der Waals surface area contributed by atoms with Gasteiger partial charge in [-0.25, -0.2) is 0 Å². The second-order valence-corrected chi connectivity index (χ2v) is 5.83. The molecule has 1 fully saturated rings. The number of aliphatic carboxylic acids is 1. The highest BCUT2D eigenvalue weighted by molar-refractivity contribution is 5.77. The number of hydrogen-bond donors (Lipinski definition) is 1. The van der Waals surface area contributed by atoms with E-state index in [4.69, 9.17) is 9.47 Å². The van der Waals surface area contributed by atoms with Gasteiger partial charge in [0.1, 0.15) is 11.5 Å². The molecule has 22 heavy (non-hydrogen) atoms. The molecule has 4 heteroatoms. The van der Waals surface area contributed by atoms with Gasteiger partial charge in [0, 0.05) is 11.1 Å². The predicted molar refractivity (Wildman–Crippen MR) is 85.9 cm³/mol. The first-order valence-electron chi connectivity index (χ1n) is 8.26. The van der Waals surface area contributed by atoms with Crippen molar-refractivity contribution in [3.63, 3.8) is 0 Å². The summed E-state index contributed by atoms with van der Waals surface area (Å²) in [5.41, 5.74) is 1.71. The molecule has 0 bridgehead atoms. The minimum atomic E-state index is -0.840. The summed E-state index contributed by atoms with van der Waals surface area (Å²) < 4.78 is 11.9. The van der Waals surface area contributed by atoms with Crippen LogP contribution in [0, 0.1) is 0 Å². The van der Waals surface area contributed by atoms with E-state index < -0.39 is 11.9 Å². The summed E-state index contributed by atoms with van der Waals surface area (Å²) in [4.78, 5) is 11.3. The number of benzene rings is 1. The first-order valence-corrected chi connectivity index (χ1v) is 8.26. The van der Waals surface area contributed by atoms with Gasteiger partial charge in [-0.2, -0.15) is 0 Å². The molecule has 4 nitrogen and oxygen atoms in total. The Kier molecular flexibility index (Phi) is 5.69. The van der Waals surface area contributed by atoms with Gasteiger partial charge in [-0.1, -0.05) is 13.0 Å². The van der Waals surface area contributed by atoms with Crippen LogP contribution in [0.15, 0.2) is 12.1 Å². The summed E-state index contributed by atoms with van der Waals surface area (Å²) in [5.74, 6) is 0.106. The van der Waals surface area contributed by atoms with E-state index >= 15 is 0 Å². The van der Waals surface area contributed by atoms with Gasteiger partial charge in [-0.3, -0.25) is 4.79 Å². The molecule has 1 aromatic rings. The van der Waals surface area contributed by atoms with Gasteiger partial charge in [0.05, 0.1) is 18.6 Å². The van der Waals surface area contributed by atoms with Gasteiger partial charge in [-0.05, 0) is 52.0 Å². The van der Waals surface area contributed by atoms with Crippen molar-refractivity contribution in [2.24, 2.45) is 0 Å². The summed E-state index contributed by atoms with van der Waals surface area (Å²) in [5, 5.41) is 9.30. The zero-order chi connectivity index (χ0) is 16.1. The van der Waals surface area contributed by atoms with Gasteiger partial charge in [0.2, 0.25) is 0 Å². The lowest BCUT2D eigenvalue weighted by molar-refractivity contribution is -0.138. The molecule has 1 aromatic carbocycles. The van der Waals surface area contributed by atoms with Crippen molar-refractivity contribution in [1.82, 2.24) is 0 Å². The average Bonchev–Trinajstić information content (AvgIpc) is 3.00. The lowest BCUT2D eigenvalue weighted by atomic mass is 9.96. The molecule has 0 amide bonds. The summed E-state index contributed by atoms with van der Waals surface area (Å²) in [6, 6.07) is 3.75. The molecule has 1 atom stereocenters. The summed E-state index contributed by atoms with van der Waals surface area (Å²) >= 11 is 0. The number of carboxylic acid groups (broad SMARTS) is 1. The van der Waals surface area contributed by atoms with Crippen molar-refractivity contribution in [2.45, 2.75) is 64.9 Å². The Balaban J connectivity index is 2.39. The van der Waals surface area contributed by atoms with Crippen LogP contribution in [-0.2, 0) is 11.2 Å². The molecular weight excluding hydrogens is 280 g/mol. The van der Waals surface area contributed by atoms with Crippen LogP contribution in [0.4, 0.5) is 0 Å². The van der Waals surface area contributed by atoms with E-state index in [0.29, 0.717) is 12.4 Å². The first-order chi connectivity index (χ1) is 10.6. The molecule has 1 saturated carbocycles. The molecule has 0 aromatic heterocycles. The van der Waals surface area contributed by atoms with Gasteiger partial charge >= 0.3 is 5.97 Å². The van der Waals surface area contributed by atoms with Crippen LogP contribution >= 0.6 is 0 Å². The van der Waals surface area contributed by atoms with Crippen molar-refractivity contribution in [1.29, 1.82) is 0 Å². The van der Waals surface area contributed by atoms with Gasteiger partial charge < -0.3 is 14.6 Å². The van der Waals surface area contributed by atoms with E-state index in [0.717, 1.165) is 36.1 Å². The fraction of sp³-hybridized carbons (Fsp3) is 0.611. The van der Waals surface area contributed by atoms with Crippen molar-refractivity contribution < 1.29 is 19.4 Å². The van der Waals surface area contributed by atoms with Crippen LogP contribution in [0.5, 0.6) is 11.5 Å². The fourth-order valence-electron chi connectivity index (χ4n) is 3.05. The quantitative estimate of drug-likeness (QED) is 0.822. The third-order valence-electron chi connectivity index (χ3n) is 4.32. The standard InChI is InChI=1S/C18H26O4/c1-4-14-16(22-13-8-6-7-9-13)11-10-15(12(3)18(19)20)17(14)21-5-2/h10-13H,4-9H2,1-3H3,(H,19,20). The topological polar surface area (TPSA) is 55.8 Å². The van der Waals surface area contributed by atoms with Gasteiger partial charge in [-0.15, -0.1) is 0 Å². The summed E-state index contributed by atoms with van der Waals surface area (Å²) in [6.45, 7) is 6.17.